The lowest BCUT2D eigenvalue weighted by molar-refractivity contribution is 0.196. The highest BCUT2D eigenvalue weighted by Gasteiger charge is 2.13. The molecule has 14 heavy (non-hydrogen) atoms. The van der Waals surface area contributed by atoms with E-state index in [0.29, 0.717) is 0 Å². The second-order valence-corrected chi connectivity index (χ2v) is 5.17. The molecule has 3 N–H and O–H groups in total. The molecular weight excluding hydrogens is 266 g/mol. The largest absolute Gasteiger partial charge is 0.392 e. The van der Waals surface area contributed by atoms with Gasteiger partial charge in [0.15, 0.2) is 0 Å². The summed E-state index contributed by atoms with van der Waals surface area (Å²) in [6.07, 6.45) is 1.22. The van der Waals surface area contributed by atoms with E-state index in [-0.39, 0.29) is 17.3 Å². The van der Waals surface area contributed by atoms with Crippen LogP contribution in [-0.4, -0.2) is 26.4 Å². The lowest BCUT2D eigenvalue weighted by atomic mass is 10.3. The fourth-order valence-electron chi connectivity index (χ4n) is 0.722. The molecule has 2 unspecified atom stereocenters. The van der Waals surface area contributed by atoms with E-state index in [1.54, 1.807) is 13.1 Å². The Balaban J connectivity index is 2.80. The molecule has 1 aromatic heterocycles. The molecule has 1 rings (SSSR count). The highest BCUT2D eigenvalue weighted by atomic mass is 79.9. The summed E-state index contributed by atoms with van der Waals surface area (Å²) >= 11 is 4.79. The van der Waals surface area contributed by atoms with Crippen LogP contribution in [0.1, 0.15) is 13.8 Å². The van der Waals surface area contributed by atoms with Gasteiger partial charge >= 0.3 is 0 Å². The van der Waals surface area contributed by atoms with Crippen LogP contribution in [0.4, 0.5) is 5.95 Å². The molecular formula is C8H12BrN3OS. The summed E-state index contributed by atoms with van der Waals surface area (Å²) in [7, 11) is 0. The minimum atomic E-state index is -0.386. The number of nitrogen functional groups attached to an aromatic ring is 1. The Morgan fingerprint density at radius 1 is 1.57 bits per heavy atom. The van der Waals surface area contributed by atoms with Gasteiger partial charge in [0.2, 0.25) is 5.95 Å². The third kappa shape index (κ3) is 3.11. The summed E-state index contributed by atoms with van der Waals surface area (Å²) in [5.41, 5.74) is 5.46. The van der Waals surface area contributed by atoms with Gasteiger partial charge in [-0.1, -0.05) is 18.7 Å². The molecule has 6 heteroatoms. The molecule has 0 saturated heterocycles. The highest BCUT2D eigenvalue weighted by Crippen LogP contribution is 2.29. The van der Waals surface area contributed by atoms with Crippen LogP contribution in [0, 0.1) is 0 Å². The van der Waals surface area contributed by atoms with Gasteiger partial charge in [0.25, 0.3) is 0 Å². The van der Waals surface area contributed by atoms with E-state index in [2.05, 4.69) is 25.9 Å². The Labute approximate surface area is 95.5 Å². The zero-order valence-corrected chi connectivity index (χ0v) is 10.3. The number of halogens is 1. The summed E-state index contributed by atoms with van der Waals surface area (Å²) in [6.45, 7) is 3.68. The number of hydrogen-bond donors (Lipinski definition) is 2. The average molecular weight is 278 g/mol. The van der Waals surface area contributed by atoms with Crippen LogP contribution < -0.4 is 5.73 Å². The van der Waals surface area contributed by atoms with Crippen LogP contribution in [0.2, 0.25) is 0 Å². The second kappa shape index (κ2) is 4.95. The fourth-order valence-corrected chi connectivity index (χ4v) is 2.05. The highest BCUT2D eigenvalue weighted by molar-refractivity contribution is 9.10. The topological polar surface area (TPSA) is 72.0 Å². The zero-order valence-electron chi connectivity index (χ0n) is 7.94. The van der Waals surface area contributed by atoms with Gasteiger partial charge in [0.1, 0.15) is 5.03 Å². The van der Waals surface area contributed by atoms with Crippen LogP contribution in [0.5, 0.6) is 0 Å². The van der Waals surface area contributed by atoms with Crippen molar-refractivity contribution >= 4 is 33.6 Å². The monoisotopic (exact) mass is 277 g/mol. The first kappa shape index (κ1) is 11.7. The van der Waals surface area contributed by atoms with Gasteiger partial charge in [0, 0.05) is 11.4 Å². The molecule has 0 amide bonds. The number of thioether (sulfide) groups is 1. The minimum absolute atomic E-state index is 0.0700. The van der Waals surface area contributed by atoms with Crippen molar-refractivity contribution in [3.8, 4) is 0 Å². The van der Waals surface area contributed by atoms with Crippen molar-refractivity contribution in [1.82, 2.24) is 9.97 Å². The van der Waals surface area contributed by atoms with Gasteiger partial charge in [-0.2, -0.15) is 0 Å². The van der Waals surface area contributed by atoms with E-state index in [0.717, 1.165) is 9.50 Å². The van der Waals surface area contributed by atoms with Gasteiger partial charge in [-0.05, 0) is 22.9 Å². The number of hydrogen-bond acceptors (Lipinski definition) is 5. The molecule has 1 heterocycles. The maximum absolute atomic E-state index is 9.33. The average Bonchev–Trinajstić information content (AvgIpc) is 2.11. The molecule has 0 bridgehead atoms. The van der Waals surface area contributed by atoms with E-state index in [4.69, 9.17) is 5.73 Å². The number of aromatic nitrogens is 2. The van der Waals surface area contributed by atoms with Gasteiger partial charge < -0.3 is 10.8 Å². The Morgan fingerprint density at radius 3 is 2.79 bits per heavy atom. The predicted octanol–water partition coefficient (Wildman–Crippen LogP) is 1.68. The van der Waals surface area contributed by atoms with Crippen molar-refractivity contribution in [1.29, 1.82) is 0 Å². The number of rotatable bonds is 3. The normalized spacial score (nSPS) is 15.1. The van der Waals surface area contributed by atoms with E-state index in [1.165, 1.54) is 11.8 Å². The van der Waals surface area contributed by atoms with Gasteiger partial charge in [0.05, 0.1) is 10.6 Å². The Kier molecular flexibility index (Phi) is 4.15. The number of aliphatic hydroxyl groups is 1. The fraction of sp³-hybridized carbons (Fsp3) is 0.500. The van der Waals surface area contributed by atoms with Crippen molar-refractivity contribution in [3.05, 3.63) is 10.7 Å². The molecule has 2 atom stereocenters. The first-order valence-electron chi connectivity index (χ1n) is 4.13. The molecule has 1 aromatic rings. The van der Waals surface area contributed by atoms with Gasteiger partial charge in [-0.15, -0.1) is 0 Å². The van der Waals surface area contributed by atoms with E-state index < -0.39 is 0 Å². The zero-order chi connectivity index (χ0) is 10.7. The van der Waals surface area contributed by atoms with E-state index in [9.17, 15) is 5.11 Å². The minimum Gasteiger partial charge on any atom is -0.392 e. The lowest BCUT2D eigenvalue weighted by Gasteiger charge is -2.13. The quantitative estimate of drug-likeness (QED) is 0.650. The summed E-state index contributed by atoms with van der Waals surface area (Å²) in [6, 6.07) is 0. The molecule has 0 aliphatic heterocycles. The first-order chi connectivity index (χ1) is 6.50. The molecule has 0 aliphatic rings. The smallest absolute Gasteiger partial charge is 0.221 e. The molecule has 0 radical (unpaired) electrons. The first-order valence-corrected chi connectivity index (χ1v) is 5.80. The van der Waals surface area contributed by atoms with Crippen LogP contribution in [0.3, 0.4) is 0 Å². The second-order valence-electron chi connectivity index (χ2n) is 2.94. The van der Waals surface area contributed by atoms with Crippen LogP contribution in [-0.2, 0) is 0 Å². The third-order valence-electron chi connectivity index (χ3n) is 1.71. The maximum Gasteiger partial charge on any atom is 0.221 e. The Morgan fingerprint density at radius 2 is 2.21 bits per heavy atom. The summed E-state index contributed by atoms with van der Waals surface area (Å²) in [4.78, 5) is 7.90. The molecule has 78 valence electrons. The van der Waals surface area contributed by atoms with Crippen LogP contribution in [0.15, 0.2) is 15.7 Å². The van der Waals surface area contributed by atoms with Crippen molar-refractivity contribution in [3.63, 3.8) is 0 Å². The molecule has 0 saturated carbocycles. The number of nitrogens with two attached hydrogens (primary N) is 1. The molecule has 0 spiro atoms. The van der Waals surface area contributed by atoms with E-state index in [1.807, 2.05) is 6.92 Å². The lowest BCUT2D eigenvalue weighted by Crippen LogP contribution is -2.15. The summed E-state index contributed by atoms with van der Waals surface area (Å²) in [5, 5.41) is 10.2. The van der Waals surface area contributed by atoms with Crippen molar-refractivity contribution in [2.75, 3.05) is 5.73 Å². The number of anilines is 1. The van der Waals surface area contributed by atoms with Crippen molar-refractivity contribution < 1.29 is 5.11 Å². The van der Waals surface area contributed by atoms with Crippen molar-refractivity contribution in [2.45, 2.75) is 30.2 Å². The van der Waals surface area contributed by atoms with Crippen LogP contribution in [0.25, 0.3) is 0 Å². The van der Waals surface area contributed by atoms with E-state index >= 15 is 0 Å². The Bertz CT molecular complexity index is 321. The van der Waals surface area contributed by atoms with Gasteiger partial charge in [-0.25, -0.2) is 9.97 Å². The molecule has 0 aliphatic carbocycles. The molecule has 4 nitrogen and oxygen atoms in total. The number of aliphatic hydroxyl groups excluding tert-OH is 1. The standard InChI is InChI=1S/C8H12BrN3OS/c1-4(13)5(2)14-7-6(9)3-11-8(10)12-7/h3-5,13H,1-2H3,(H2,10,11,12). The Hall–Kier alpha value is -0.330. The third-order valence-corrected chi connectivity index (χ3v) is 3.85. The maximum atomic E-state index is 9.33. The number of nitrogens with zero attached hydrogens (tertiary/aromatic N) is 2. The van der Waals surface area contributed by atoms with Gasteiger partial charge in [-0.3, -0.25) is 0 Å². The summed E-state index contributed by atoms with van der Waals surface area (Å²) in [5.74, 6) is 0.244. The van der Waals surface area contributed by atoms with Crippen LogP contribution >= 0.6 is 27.7 Å². The SMILES string of the molecule is CC(O)C(C)Sc1nc(N)ncc1Br. The summed E-state index contributed by atoms with van der Waals surface area (Å²) < 4.78 is 0.796. The predicted molar refractivity (Wildman–Crippen MR) is 61.1 cm³/mol. The molecule has 0 aromatic carbocycles. The molecule has 0 fully saturated rings. The van der Waals surface area contributed by atoms with Crippen molar-refractivity contribution in [2.24, 2.45) is 0 Å².